The summed E-state index contributed by atoms with van der Waals surface area (Å²) in [7, 11) is 1.59. The van der Waals surface area contributed by atoms with Crippen LogP contribution in [0.2, 0.25) is 0 Å². The highest BCUT2D eigenvalue weighted by Crippen LogP contribution is 2.23. The van der Waals surface area contributed by atoms with Crippen molar-refractivity contribution in [2.75, 3.05) is 19.0 Å². The second kappa shape index (κ2) is 9.43. The Morgan fingerprint density at radius 1 is 1.17 bits per heavy atom. The normalized spacial score (nSPS) is 15.9. The number of ether oxygens (including phenoxy) is 1. The number of anilines is 1. The molecule has 1 aliphatic rings. The van der Waals surface area contributed by atoms with Crippen molar-refractivity contribution in [2.45, 2.75) is 32.9 Å². The highest BCUT2D eigenvalue weighted by molar-refractivity contribution is 6.05. The van der Waals surface area contributed by atoms with E-state index in [1.54, 1.807) is 36.3 Å². The fourth-order valence-corrected chi connectivity index (χ4v) is 3.49. The van der Waals surface area contributed by atoms with Gasteiger partial charge >= 0.3 is 0 Å². The molecule has 0 saturated carbocycles. The minimum atomic E-state index is -0.423. The predicted octanol–water partition coefficient (Wildman–Crippen LogP) is 2.82. The summed E-state index contributed by atoms with van der Waals surface area (Å²) in [4.78, 5) is 39.3. The first-order valence-corrected chi connectivity index (χ1v) is 9.99. The molecule has 1 atom stereocenters. The summed E-state index contributed by atoms with van der Waals surface area (Å²) < 4.78 is 5.20. The van der Waals surface area contributed by atoms with Crippen LogP contribution in [0.25, 0.3) is 0 Å². The molecule has 0 bridgehead atoms. The molecule has 1 saturated heterocycles. The third-order valence-electron chi connectivity index (χ3n) is 5.17. The van der Waals surface area contributed by atoms with Gasteiger partial charge in [0.05, 0.1) is 24.3 Å². The van der Waals surface area contributed by atoms with E-state index in [9.17, 15) is 14.4 Å². The van der Waals surface area contributed by atoms with E-state index in [0.717, 1.165) is 11.3 Å². The summed E-state index contributed by atoms with van der Waals surface area (Å²) in [6, 6.07) is 14.4. The number of carbonyl (C=O) groups excluding carboxylic acids is 3. The van der Waals surface area contributed by atoms with Crippen LogP contribution in [-0.4, -0.2) is 42.3 Å². The van der Waals surface area contributed by atoms with Gasteiger partial charge in [-0.05, 0) is 43.7 Å². The Labute approximate surface area is 176 Å². The largest absolute Gasteiger partial charge is 0.497 e. The smallest absolute Gasteiger partial charge is 0.253 e. The van der Waals surface area contributed by atoms with Crippen molar-refractivity contribution in [2.24, 2.45) is 5.92 Å². The lowest BCUT2D eigenvalue weighted by molar-refractivity contribution is -0.129. The van der Waals surface area contributed by atoms with E-state index < -0.39 is 5.92 Å². The number of hydrogen-bond acceptors (Lipinski definition) is 4. The van der Waals surface area contributed by atoms with Crippen LogP contribution in [0, 0.1) is 5.92 Å². The van der Waals surface area contributed by atoms with Gasteiger partial charge in [0.25, 0.3) is 5.91 Å². The number of hydrogen-bond donors (Lipinski definition) is 2. The van der Waals surface area contributed by atoms with Crippen molar-refractivity contribution < 1.29 is 19.1 Å². The van der Waals surface area contributed by atoms with Crippen LogP contribution in [0.5, 0.6) is 5.75 Å². The van der Waals surface area contributed by atoms with Crippen LogP contribution in [0.15, 0.2) is 48.5 Å². The SMILES string of the molecule is COc1cccc(CNC(=O)c2ccccc2NC(=O)[C@@H]2CC(=O)N(C(C)C)C2)c1. The Morgan fingerprint density at radius 2 is 1.93 bits per heavy atom. The molecule has 3 amide bonds. The lowest BCUT2D eigenvalue weighted by Crippen LogP contribution is -2.33. The van der Waals surface area contributed by atoms with Crippen molar-refractivity contribution in [3.63, 3.8) is 0 Å². The van der Waals surface area contributed by atoms with Gasteiger partial charge in [0.15, 0.2) is 0 Å². The standard InChI is InChI=1S/C23H27N3O4/c1-15(2)26-14-17(12-21(26)27)22(28)25-20-10-5-4-9-19(20)23(29)24-13-16-7-6-8-18(11-16)30-3/h4-11,15,17H,12-14H2,1-3H3,(H,24,29)(H,25,28)/t17-/m1/s1. The van der Waals surface area contributed by atoms with Crippen molar-refractivity contribution in [1.29, 1.82) is 0 Å². The number of nitrogens with zero attached hydrogens (tertiary/aromatic N) is 1. The zero-order valence-corrected chi connectivity index (χ0v) is 17.5. The molecular formula is C23H27N3O4. The van der Waals surface area contributed by atoms with E-state index in [1.807, 2.05) is 38.1 Å². The number of amides is 3. The number of methoxy groups -OCH3 is 1. The van der Waals surface area contributed by atoms with Gasteiger partial charge in [0, 0.05) is 25.6 Å². The summed E-state index contributed by atoms with van der Waals surface area (Å²) in [5.74, 6) is -0.266. The lowest BCUT2D eigenvalue weighted by atomic mass is 10.1. The van der Waals surface area contributed by atoms with E-state index in [2.05, 4.69) is 10.6 Å². The van der Waals surface area contributed by atoms with Crippen LogP contribution < -0.4 is 15.4 Å². The van der Waals surface area contributed by atoms with Crippen molar-refractivity contribution >= 4 is 23.4 Å². The minimum absolute atomic E-state index is 0.0190. The maximum atomic E-state index is 12.7. The van der Waals surface area contributed by atoms with Crippen LogP contribution in [-0.2, 0) is 16.1 Å². The summed E-state index contributed by atoms with van der Waals surface area (Å²) in [6.45, 7) is 4.59. The zero-order chi connectivity index (χ0) is 21.7. The predicted molar refractivity (Wildman–Crippen MR) is 114 cm³/mol. The monoisotopic (exact) mass is 409 g/mol. The van der Waals surface area contributed by atoms with Gasteiger partial charge in [-0.1, -0.05) is 24.3 Å². The Morgan fingerprint density at radius 3 is 2.63 bits per heavy atom. The van der Waals surface area contributed by atoms with Gasteiger partial charge in [-0.25, -0.2) is 0 Å². The Bertz CT molecular complexity index is 942. The average Bonchev–Trinajstić information content (AvgIpc) is 3.14. The van der Waals surface area contributed by atoms with Crippen molar-refractivity contribution in [3.8, 4) is 5.75 Å². The minimum Gasteiger partial charge on any atom is -0.497 e. The van der Waals surface area contributed by atoms with E-state index in [4.69, 9.17) is 4.74 Å². The molecule has 0 aliphatic carbocycles. The van der Waals surface area contributed by atoms with E-state index in [0.29, 0.717) is 24.3 Å². The van der Waals surface area contributed by atoms with Gasteiger partial charge in [-0.3, -0.25) is 14.4 Å². The molecule has 1 heterocycles. The first kappa shape index (κ1) is 21.4. The third kappa shape index (κ3) is 4.97. The molecule has 2 aromatic carbocycles. The average molecular weight is 409 g/mol. The Kier molecular flexibility index (Phi) is 6.72. The molecule has 158 valence electrons. The number of likely N-dealkylation sites (tertiary alicyclic amines) is 1. The van der Waals surface area contributed by atoms with E-state index in [1.165, 1.54) is 0 Å². The van der Waals surface area contributed by atoms with Crippen LogP contribution in [0.4, 0.5) is 5.69 Å². The molecule has 0 spiro atoms. The van der Waals surface area contributed by atoms with Crippen LogP contribution in [0.3, 0.4) is 0 Å². The number of benzene rings is 2. The first-order chi connectivity index (χ1) is 14.4. The van der Waals surface area contributed by atoms with Gasteiger partial charge in [0.1, 0.15) is 5.75 Å². The highest BCUT2D eigenvalue weighted by atomic mass is 16.5. The molecule has 7 nitrogen and oxygen atoms in total. The van der Waals surface area contributed by atoms with Gasteiger partial charge in [-0.2, -0.15) is 0 Å². The molecular weight excluding hydrogens is 382 g/mol. The molecule has 0 unspecified atom stereocenters. The second-order valence-electron chi connectivity index (χ2n) is 7.61. The maximum absolute atomic E-state index is 12.7. The van der Waals surface area contributed by atoms with E-state index >= 15 is 0 Å². The van der Waals surface area contributed by atoms with Gasteiger partial charge in [0.2, 0.25) is 11.8 Å². The fourth-order valence-electron chi connectivity index (χ4n) is 3.49. The van der Waals surface area contributed by atoms with E-state index in [-0.39, 0.29) is 30.2 Å². The molecule has 1 aliphatic heterocycles. The van der Waals surface area contributed by atoms with Gasteiger partial charge in [-0.15, -0.1) is 0 Å². The Balaban J connectivity index is 1.66. The summed E-state index contributed by atoms with van der Waals surface area (Å²) in [6.07, 6.45) is 0.189. The molecule has 0 radical (unpaired) electrons. The van der Waals surface area contributed by atoms with Crippen LogP contribution in [0.1, 0.15) is 36.2 Å². The fraction of sp³-hybridized carbons (Fsp3) is 0.348. The number of para-hydroxylation sites is 1. The van der Waals surface area contributed by atoms with Crippen LogP contribution >= 0.6 is 0 Å². The van der Waals surface area contributed by atoms with Gasteiger partial charge < -0.3 is 20.3 Å². The Hall–Kier alpha value is -3.35. The number of carbonyl (C=O) groups is 3. The molecule has 3 rings (SSSR count). The topological polar surface area (TPSA) is 87.7 Å². The molecule has 30 heavy (non-hydrogen) atoms. The first-order valence-electron chi connectivity index (χ1n) is 9.99. The summed E-state index contributed by atoms with van der Waals surface area (Å²) in [5.41, 5.74) is 1.71. The molecule has 7 heteroatoms. The molecule has 0 aromatic heterocycles. The molecule has 2 aromatic rings. The summed E-state index contributed by atoms with van der Waals surface area (Å²) in [5, 5.41) is 5.70. The lowest BCUT2D eigenvalue weighted by Gasteiger charge is -2.20. The molecule has 1 fully saturated rings. The second-order valence-corrected chi connectivity index (χ2v) is 7.61. The number of rotatable bonds is 7. The highest BCUT2D eigenvalue weighted by Gasteiger charge is 2.35. The quantitative estimate of drug-likeness (QED) is 0.736. The zero-order valence-electron chi connectivity index (χ0n) is 17.5. The van der Waals surface area contributed by atoms with Crippen molar-refractivity contribution in [3.05, 3.63) is 59.7 Å². The maximum Gasteiger partial charge on any atom is 0.253 e. The third-order valence-corrected chi connectivity index (χ3v) is 5.17. The molecule has 2 N–H and O–H groups in total. The van der Waals surface area contributed by atoms with Crippen molar-refractivity contribution in [1.82, 2.24) is 10.2 Å². The number of nitrogens with one attached hydrogen (secondary N) is 2. The summed E-state index contributed by atoms with van der Waals surface area (Å²) >= 11 is 0.